The number of alkyl halides is 3. The number of hydrogen-bond acceptors (Lipinski definition) is 5. The van der Waals surface area contributed by atoms with Gasteiger partial charge in [0.15, 0.2) is 5.71 Å². The van der Waals surface area contributed by atoms with Gasteiger partial charge in [-0.1, -0.05) is 5.16 Å². The molecule has 0 spiro atoms. The van der Waals surface area contributed by atoms with E-state index in [9.17, 15) is 18.0 Å². The maximum absolute atomic E-state index is 12.7. The predicted octanol–water partition coefficient (Wildman–Crippen LogP) is 3.45. The minimum atomic E-state index is -4.71. The fraction of sp³-hybridized carbons (Fsp3) is 0.385. The van der Waals surface area contributed by atoms with E-state index in [1.165, 1.54) is 17.4 Å². The lowest BCUT2D eigenvalue weighted by atomic mass is 10.1. The van der Waals surface area contributed by atoms with Gasteiger partial charge in [-0.2, -0.15) is 13.2 Å². The van der Waals surface area contributed by atoms with Crippen LogP contribution in [0.3, 0.4) is 0 Å². The molecule has 0 N–H and O–H groups in total. The van der Waals surface area contributed by atoms with Gasteiger partial charge in [0.1, 0.15) is 0 Å². The topological polar surface area (TPSA) is 41.9 Å². The van der Waals surface area contributed by atoms with E-state index in [-0.39, 0.29) is 0 Å². The fourth-order valence-electron chi connectivity index (χ4n) is 1.88. The van der Waals surface area contributed by atoms with Gasteiger partial charge in [0.05, 0.1) is 10.6 Å². The Bertz CT molecular complexity index is 601. The molecule has 0 saturated heterocycles. The van der Waals surface area contributed by atoms with E-state index in [1.54, 1.807) is 6.07 Å². The molecular weight excluding hydrogens is 305 g/mol. The number of carbonyl (C=O) groups excluding carboxylic acids is 1. The molecule has 21 heavy (non-hydrogen) atoms. The molecule has 4 nitrogen and oxygen atoms in total. The highest BCUT2D eigenvalue weighted by atomic mass is 32.1. The number of halogens is 3. The molecule has 114 valence electrons. The van der Waals surface area contributed by atoms with Crippen LogP contribution in [0.2, 0.25) is 0 Å². The molecule has 0 radical (unpaired) electrons. The molecule has 0 fully saturated rings. The van der Waals surface area contributed by atoms with E-state index >= 15 is 0 Å². The number of anilines is 1. The number of rotatable bonds is 4. The zero-order valence-corrected chi connectivity index (χ0v) is 12.2. The van der Waals surface area contributed by atoms with Crippen LogP contribution in [-0.2, 0) is 9.63 Å². The molecule has 8 heteroatoms. The number of carbonyl (C=O) groups is 1. The van der Waals surface area contributed by atoms with Crippen molar-refractivity contribution in [2.24, 2.45) is 5.16 Å². The number of hydrogen-bond donors (Lipinski definition) is 0. The lowest BCUT2D eigenvalue weighted by molar-refractivity contribution is -0.136. The molecule has 0 amide bonds. The van der Waals surface area contributed by atoms with Gasteiger partial charge >= 0.3 is 12.1 Å². The van der Waals surface area contributed by atoms with Gasteiger partial charge in [-0.15, -0.1) is 11.3 Å². The normalized spacial score (nSPS) is 17.1. The smallest absolute Gasteiger partial charge is 0.364 e. The third kappa shape index (κ3) is 3.26. The Morgan fingerprint density at radius 2 is 2.00 bits per heavy atom. The zero-order valence-electron chi connectivity index (χ0n) is 11.4. The fourth-order valence-corrected chi connectivity index (χ4v) is 2.96. The zero-order chi connectivity index (χ0) is 15.6. The van der Waals surface area contributed by atoms with E-state index in [0.717, 1.165) is 18.1 Å². The first-order valence-corrected chi connectivity index (χ1v) is 7.11. The average Bonchev–Trinajstić information content (AvgIpc) is 2.99. The van der Waals surface area contributed by atoms with Crippen LogP contribution in [0.4, 0.5) is 18.2 Å². The first kappa shape index (κ1) is 15.6. The summed E-state index contributed by atoms with van der Waals surface area (Å²) in [6.07, 6.45) is -3.55. The van der Waals surface area contributed by atoms with Gasteiger partial charge in [-0.3, -0.25) is 0 Å². The van der Waals surface area contributed by atoms with Crippen molar-refractivity contribution in [2.45, 2.75) is 20.0 Å². The van der Waals surface area contributed by atoms with E-state index < -0.39 is 23.4 Å². The summed E-state index contributed by atoms with van der Waals surface area (Å²) >= 11 is 1.31. The van der Waals surface area contributed by atoms with E-state index in [4.69, 9.17) is 0 Å². The van der Waals surface area contributed by atoms with Crippen LogP contribution in [0.5, 0.6) is 0 Å². The van der Waals surface area contributed by atoms with Crippen molar-refractivity contribution in [1.29, 1.82) is 0 Å². The van der Waals surface area contributed by atoms with Crippen LogP contribution in [-0.4, -0.2) is 30.9 Å². The SMILES string of the molecule is CCN(CC)c1ccc(C=C2C(=O)ON=C2C(F)(F)F)s1. The summed E-state index contributed by atoms with van der Waals surface area (Å²) in [4.78, 5) is 18.1. The molecule has 2 heterocycles. The highest BCUT2D eigenvalue weighted by molar-refractivity contribution is 7.17. The minimum absolute atomic E-state index is 0.544. The van der Waals surface area contributed by atoms with Crippen molar-refractivity contribution in [2.75, 3.05) is 18.0 Å². The van der Waals surface area contributed by atoms with Gasteiger partial charge < -0.3 is 9.74 Å². The Hall–Kier alpha value is -1.83. The lowest BCUT2D eigenvalue weighted by Gasteiger charge is -2.17. The molecular formula is C13H13F3N2O2S. The van der Waals surface area contributed by atoms with Gasteiger partial charge in [-0.25, -0.2) is 4.79 Å². The van der Waals surface area contributed by atoms with Crippen molar-refractivity contribution < 1.29 is 22.8 Å². The molecule has 1 aliphatic rings. The number of oxime groups is 1. The first-order valence-electron chi connectivity index (χ1n) is 6.30. The second-order valence-corrected chi connectivity index (χ2v) is 5.32. The Morgan fingerprint density at radius 1 is 1.33 bits per heavy atom. The standard InChI is InChI=1S/C13H13F3N2O2S/c1-3-18(4-2)10-6-5-8(21-10)7-9-11(13(14,15)16)17-20-12(9)19/h5-7H,3-4H2,1-2H3. The molecule has 1 aromatic heterocycles. The van der Waals surface area contributed by atoms with Crippen LogP contribution in [0.15, 0.2) is 22.9 Å². The van der Waals surface area contributed by atoms with Crippen LogP contribution in [0, 0.1) is 0 Å². The maximum Gasteiger partial charge on any atom is 0.437 e. The Morgan fingerprint density at radius 3 is 2.57 bits per heavy atom. The molecule has 0 saturated carbocycles. The summed E-state index contributed by atoms with van der Waals surface area (Å²) in [5, 5.41) is 3.74. The van der Waals surface area contributed by atoms with Crippen molar-refractivity contribution in [3.63, 3.8) is 0 Å². The third-order valence-corrected chi connectivity index (χ3v) is 4.03. The minimum Gasteiger partial charge on any atom is -0.364 e. The molecule has 0 aromatic carbocycles. The molecule has 1 aliphatic heterocycles. The van der Waals surface area contributed by atoms with Crippen LogP contribution in [0.1, 0.15) is 18.7 Å². The van der Waals surface area contributed by atoms with Gasteiger partial charge in [0.2, 0.25) is 0 Å². The number of thiophene rings is 1. The Kier molecular flexibility index (Phi) is 4.36. The Balaban J connectivity index is 2.31. The molecule has 0 unspecified atom stereocenters. The summed E-state index contributed by atoms with van der Waals surface area (Å²) in [5.41, 5.74) is -1.85. The number of nitrogens with zero attached hydrogens (tertiary/aromatic N) is 2. The first-order chi connectivity index (χ1) is 9.86. The van der Waals surface area contributed by atoms with E-state index in [2.05, 4.69) is 14.9 Å². The summed E-state index contributed by atoms with van der Waals surface area (Å²) < 4.78 is 38.2. The van der Waals surface area contributed by atoms with Crippen LogP contribution < -0.4 is 4.90 Å². The van der Waals surface area contributed by atoms with Gasteiger partial charge in [0.25, 0.3) is 0 Å². The van der Waals surface area contributed by atoms with Crippen molar-refractivity contribution in [1.82, 2.24) is 0 Å². The summed E-state index contributed by atoms with van der Waals surface area (Å²) in [7, 11) is 0. The maximum atomic E-state index is 12.7. The molecule has 2 rings (SSSR count). The third-order valence-electron chi connectivity index (χ3n) is 2.94. The summed E-state index contributed by atoms with van der Waals surface area (Å²) in [5.74, 6) is -1.08. The van der Waals surface area contributed by atoms with Gasteiger partial charge in [0, 0.05) is 18.0 Å². The highest BCUT2D eigenvalue weighted by Crippen LogP contribution is 2.32. The van der Waals surface area contributed by atoms with Crippen LogP contribution in [0.25, 0.3) is 6.08 Å². The van der Waals surface area contributed by atoms with E-state index in [1.807, 2.05) is 19.9 Å². The summed E-state index contributed by atoms with van der Waals surface area (Å²) in [6, 6.07) is 3.49. The molecule has 1 aromatic rings. The molecule has 0 bridgehead atoms. The second-order valence-electron chi connectivity index (χ2n) is 4.22. The second kappa shape index (κ2) is 5.88. The van der Waals surface area contributed by atoms with Crippen molar-refractivity contribution in [3.05, 3.63) is 22.6 Å². The van der Waals surface area contributed by atoms with Gasteiger partial charge in [-0.05, 0) is 32.1 Å². The summed E-state index contributed by atoms with van der Waals surface area (Å²) in [6.45, 7) is 5.57. The monoisotopic (exact) mass is 318 g/mol. The quantitative estimate of drug-likeness (QED) is 0.631. The van der Waals surface area contributed by atoms with Crippen LogP contribution >= 0.6 is 11.3 Å². The average molecular weight is 318 g/mol. The Labute approximate surface area is 123 Å². The lowest BCUT2D eigenvalue weighted by Crippen LogP contribution is -2.24. The molecule has 0 aliphatic carbocycles. The largest absolute Gasteiger partial charge is 0.437 e. The van der Waals surface area contributed by atoms with Crippen molar-refractivity contribution in [3.8, 4) is 0 Å². The highest BCUT2D eigenvalue weighted by Gasteiger charge is 2.45. The van der Waals surface area contributed by atoms with E-state index in [0.29, 0.717) is 4.88 Å². The molecule has 0 atom stereocenters. The predicted molar refractivity (Wildman–Crippen MR) is 75.4 cm³/mol. The van der Waals surface area contributed by atoms with Crippen molar-refractivity contribution >= 4 is 34.1 Å².